The third kappa shape index (κ3) is 1.23. The standard InChI is InChI=1S/C7H6ClN3S/c1-11-6(8)4-5(10-11)7-9-2-3-12-7/h2-4H,1H3. The highest BCUT2D eigenvalue weighted by molar-refractivity contribution is 7.13. The molecule has 62 valence electrons. The topological polar surface area (TPSA) is 30.7 Å². The smallest absolute Gasteiger partial charge is 0.143 e. The van der Waals surface area contributed by atoms with Gasteiger partial charge in [-0.05, 0) is 0 Å². The zero-order valence-corrected chi connectivity index (χ0v) is 7.93. The maximum Gasteiger partial charge on any atom is 0.143 e. The van der Waals surface area contributed by atoms with Crippen molar-refractivity contribution in [2.24, 2.45) is 7.05 Å². The molecule has 0 atom stereocenters. The second kappa shape index (κ2) is 2.88. The highest BCUT2D eigenvalue weighted by Crippen LogP contribution is 2.22. The number of halogens is 1. The van der Waals surface area contributed by atoms with Crippen LogP contribution in [0.5, 0.6) is 0 Å². The quantitative estimate of drug-likeness (QED) is 0.705. The normalized spacial score (nSPS) is 10.5. The number of thiazole rings is 1. The van der Waals surface area contributed by atoms with Gasteiger partial charge >= 0.3 is 0 Å². The minimum absolute atomic E-state index is 0.625. The van der Waals surface area contributed by atoms with Crippen LogP contribution in [-0.2, 0) is 7.05 Å². The molecular weight excluding hydrogens is 194 g/mol. The number of hydrogen-bond acceptors (Lipinski definition) is 3. The van der Waals surface area contributed by atoms with Gasteiger partial charge in [0.25, 0.3) is 0 Å². The second-order valence-corrected chi connectivity index (χ2v) is 3.59. The Bertz CT molecular complexity index is 360. The number of rotatable bonds is 1. The van der Waals surface area contributed by atoms with E-state index in [-0.39, 0.29) is 0 Å². The molecule has 0 N–H and O–H groups in total. The van der Waals surface area contributed by atoms with E-state index in [9.17, 15) is 0 Å². The monoisotopic (exact) mass is 199 g/mol. The summed E-state index contributed by atoms with van der Waals surface area (Å²) in [6.07, 6.45) is 1.75. The first kappa shape index (κ1) is 7.76. The van der Waals surface area contributed by atoms with Crippen molar-refractivity contribution < 1.29 is 0 Å². The maximum absolute atomic E-state index is 5.82. The van der Waals surface area contributed by atoms with Crippen LogP contribution in [0.1, 0.15) is 0 Å². The summed E-state index contributed by atoms with van der Waals surface area (Å²) in [7, 11) is 1.80. The number of nitrogens with zero attached hydrogens (tertiary/aromatic N) is 3. The fourth-order valence-electron chi connectivity index (χ4n) is 0.899. The van der Waals surface area contributed by atoms with Gasteiger partial charge in [-0.25, -0.2) is 4.98 Å². The van der Waals surface area contributed by atoms with Crippen LogP contribution in [0.3, 0.4) is 0 Å². The number of aromatic nitrogens is 3. The highest BCUT2D eigenvalue weighted by Gasteiger charge is 2.06. The van der Waals surface area contributed by atoms with Gasteiger partial charge in [0.2, 0.25) is 0 Å². The molecule has 12 heavy (non-hydrogen) atoms. The van der Waals surface area contributed by atoms with Gasteiger partial charge in [0.05, 0.1) is 0 Å². The summed E-state index contributed by atoms with van der Waals surface area (Å²) in [5.41, 5.74) is 0.831. The molecular formula is C7H6ClN3S. The highest BCUT2D eigenvalue weighted by atomic mass is 35.5. The zero-order valence-electron chi connectivity index (χ0n) is 6.36. The van der Waals surface area contributed by atoms with Crippen molar-refractivity contribution in [3.63, 3.8) is 0 Å². The molecule has 2 aromatic heterocycles. The zero-order chi connectivity index (χ0) is 8.55. The van der Waals surface area contributed by atoms with Gasteiger partial charge < -0.3 is 0 Å². The van der Waals surface area contributed by atoms with Crippen molar-refractivity contribution in [2.75, 3.05) is 0 Å². The van der Waals surface area contributed by atoms with Crippen molar-refractivity contribution >= 4 is 22.9 Å². The van der Waals surface area contributed by atoms with E-state index < -0.39 is 0 Å². The molecule has 0 aliphatic rings. The first-order chi connectivity index (χ1) is 5.77. The first-order valence-corrected chi connectivity index (χ1v) is 4.62. The lowest BCUT2D eigenvalue weighted by Gasteiger charge is -1.87. The molecule has 0 fully saturated rings. The molecule has 2 aromatic rings. The molecule has 0 radical (unpaired) electrons. The lowest BCUT2D eigenvalue weighted by Crippen LogP contribution is -1.89. The Balaban J connectivity index is 2.48. The molecule has 0 spiro atoms. The lowest BCUT2D eigenvalue weighted by molar-refractivity contribution is 0.771. The van der Waals surface area contributed by atoms with Gasteiger partial charge in [0, 0.05) is 24.7 Å². The molecule has 0 bridgehead atoms. The average molecular weight is 200 g/mol. The lowest BCUT2D eigenvalue weighted by atomic mass is 10.5. The molecule has 5 heteroatoms. The third-order valence-corrected chi connectivity index (χ3v) is 2.62. The Kier molecular flexibility index (Phi) is 1.86. The van der Waals surface area contributed by atoms with E-state index in [1.807, 2.05) is 5.38 Å². The Morgan fingerprint density at radius 2 is 2.42 bits per heavy atom. The SMILES string of the molecule is Cn1nc(-c2nccs2)cc1Cl. The van der Waals surface area contributed by atoms with Crippen LogP contribution in [-0.4, -0.2) is 14.8 Å². The molecule has 0 amide bonds. The largest absolute Gasteiger partial charge is 0.256 e. The van der Waals surface area contributed by atoms with E-state index >= 15 is 0 Å². The molecule has 0 saturated carbocycles. The van der Waals surface area contributed by atoms with E-state index in [4.69, 9.17) is 11.6 Å². The summed E-state index contributed by atoms with van der Waals surface area (Å²) in [4.78, 5) is 4.12. The molecule has 3 nitrogen and oxygen atoms in total. The van der Waals surface area contributed by atoms with E-state index in [0.717, 1.165) is 10.7 Å². The third-order valence-electron chi connectivity index (χ3n) is 1.47. The van der Waals surface area contributed by atoms with Gasteiger partial charge in [-0.15, -0.1) is 11.3 Å². The Hall–Kier alpha value is -0.870. The van der Waals surface area contributed by atoms with Crippen molar-refractivity contribution in [1.29, 1.82) is 0 Å². The van der Waals surface area contributed by atoms with Crippen molar-refractivity contribution in [1.82, 2.24) is 14.8 Å². The minimum Gasteiger partial charge on any atom is -0.256 e. The van der Waals surface area contributed by atoms with Crippen LogP contribution < -0.4 is 0 Å². The van der Waals surface area contributed by atoms with Crippen LogP contribution in [0.2, 0.25) is 5.15 Å². The van der Waals surface area contributed by atoms with Crippen LogP contribution >= 0.6 is 22.9 Å². The summed E-state index contributed by atoms with van der Waals surface area (Å²) < 4.78 is 1.62. The molecule has 0 unspecified atom stereocenters. The predicted octanol–water partition coefficient (Wildman–Crippen LogP) is 2.20. The Labute approximate surface area is 78.6 Å². The van der Waals surface area contributed by atoms with Crippen LogP contribution in [0.15, 0.2) is 17.6 Å². The van der Waals surface area contributed by atoms with E-state index in [0.29, 0.717) is 5.15 Å². The fourth-order valence-corrected chi connectivity index (χ4v) is 1.63. The summed E-state index contributed by atoms with van der Waals surface area (Å²) >= 11 is 7.38. The van der Waals surface area contributed by atoms with Gasteiger partial charge in [-0.2, -0.15) is 5.10 Å². The first-order valence-electron chi connectivity index (χ1n) is 3.37. The molecule has 0 aliphatic carbocycles. The van der Waals surface area contributed by atoms with Gasteiger partial charge in [-0.3, -0.25) is 4.68 Å². The number of aryl methyl sites for hydroxylation is 1. The predicted molar refractivity (Wildman–Crippen MR) is 49.3 cm³/mol. The molecule has 2 heterocycles. The minimum atomic E-state index is 0.625. The Morgan fingerprint density at radius 1 is 1.58 bits per heavy atom. The Morgan fingerprint density at radius 3 is 2.92 bits per heavy atom. The molecule has 0 aliphatic heterocycles. The summed E-state index contributed by atoms with van der Waals surface area (Å²) in [6, 6.07) is 1.81. The molecule has 2 rings (SSSR count). The van der Waals surface area contributed by atoms with Crippen LogP contribution in [0, 0.1) is 0 Å². The summed E-state index contributed by atoms with van der Waals surface area (Å²) in [5, 5.41) is 7.63. The summed E-state index contributed by atoms with van der Waals surface area (Å²) in [6.45, 7) is 0. The number of hydrogen-bond donors (Lipinski definition) is 0. The molecule has 0 aromatic carbocycles. The average Bonchev–Trinajstić information content (AvgIpc) is 2.61. The van der Waals surface area contributed by atoms with Crippen LogP contribution in [0.25, 0.3) is 10.7 Å². The van der Waals surface area contributed by atoms with Crippen molar-refractivity contribution in [3.8, 4) is 10.7 Å². The fraction of sp³-hybridized carbons (Fsp3) is 0.143. The van der Waals surface area contributed by atoms with E-state index in [2.05, 4.69) is 10.1 Å². The van der Waals surface area contributed by atoms with Gasteiger partial charge in [-0.1, -0.05) is 11.6 Å². The second-order valence-electron chi connectivity index (χ2n) is 2.31. The van der Waals surface area contributed by atoms with Crippen LogP contribution in [0.4, 0.5) is 0 Å². The van der Waals surface area contributed by atoms with Crippen molar-refractivity contribution in [2.45, 2.75) is 0 Å². The maximum atomic E-state index is 5.82. The van der Waals surface area contributed by atoms with Gasteiger partial charge in [0.1, 0.15) is 15.9 Å². The molecule has 0 saturated heterocycles. The van der Waals surface area contributed by atoms with Gasteiger partial charge in [0.15, 0.2) is 0 Å². The van der Waals surface area contributed by atoms with E-state index in [1.54, 1.807) is 35.3 Å². The summed E-state index contributed by atoms with van der Waals surface area (Å²) in [5.74, 6) is 0. The van der Waals surface area contributed by atoms with Crippen molar-refractivity contribution in [3.05, 3.63) is 22.8 Å². The van der Waals surface area contributed by atoms with E-state index in [1.165, 1.54) is 0 Å².